The predicted molar refractivity (Wildman–Crippen MR) is 154 cm³/mol. The second kappa shape index (κ2) is 10.3. The van der Waals surface area contributed by atoms with Gasteiger partial charge in [-0.2, -0.15) is 0 Å². The van der Waals surface area contributed by atoms with Crippen LogP contribution in [-0.2, 0) is 47.7 Å². The molecule has 0 saturated carbocycles. The topological polar surface area (TPSA) is 144 Å². The molecule has 0 saturated heterocycles. The van der Waals surface area contributed by atoms with E-state index in [0.717, 1.165) is 47.0 Å². The van der Waals surface area contributed by atoms with Crippen molar-refractivity contribution in [1.29, 1.82) is 0 Å². The van der Waals surface area contributed by atoms with E-state index in [4.69, 9.17) is 14.8 Å². The first-order valence-electron chi connectivity index (χ1n) is 14.8. The molecule has 11 nitrogen and oxygen atoms in total. The average Bonchev–Trinajstić information content (AvgIpc) is 3.61. The molecule has 2 aliphatic heterocycles. The molecule has 3 aromatic heterocycles. The fraction of sp³-hybridized carbons (Fsp3) is 0.452. The van der Waals surface area contributed by atoms with Crippen molar-refractivity contribution in [2.24, 2.45) is 0 Å². The lowest BCUT2D eigenvalue weighted by Gasteiger charge is -2.31. The first-order valence-corrected chi connectivity index (χ1v) is 14.8. The number of fused-ring (bicyclic) bond motifs is 5. The van der Waals surface area contributed by atoms with Crippen molar-refractivity contribution < 1.29 is 24.1 Å². The molecule has 1 aromatic carbocycles. The Kier molecular flexibility index (Phi) is 6.67. The summed E-state index contributed by atoms with van der Waals surface area (Å²) in [7, 11) is 0. The van der Waals surface area contributed by atoms with Crippen LogP contribution in [0.5, 0.6) is 0 Å². The Morgan fingerprint density at radius 1 is 1.23 bits per heavy atom. The van der Waals surface area contributed by atoms with Gasteiger partial charge in [-0.15, -0.1) is 5.10 Å². The van der Waals surface area contributed by atoms with Crippen LogP contribution in [0.3, 0.4) is 0 Å². The predicted octanol–water partition coefficient (Wildman–Crippen LogP) is 2.32. The number of pyridine rings is 2. The molecule has 43 heavy (non-hydrogen) atoms. The number of aliphatic hydroxyl groups is 2. The normalized spacial score (nSPS) is 20.2. The molecule has 2 atom stereocenters. The van der Waals surface area contributed by atoms with E-state index >= 15 is 4.39 Å². The molecule has 0 radical (unpaired) electrons. The molecule has 1 aliphatic carbocycles. The number of nitrogens with zero attached hydrogens (tertiary/aromatic N) is 5. The van der Waals surface area contributed by atoms with Crippen LogP contribution in [0.2, 0.25) is 0 Å². The van der Waals surface area contributed by atoms with Gasteiger partial charge in [-0.1, -0.05) is 12.1 Å². The summed E-state index contributed by atoms with van der Waals surface area (Å²) in [5.41, 5.74) is 4.25. The van der Waals surface area contributed by atoms with E-state index in [-0.39, 0.29) is 54.7 Å². The third-order valence-electron chi connectivity index (χ3n) is 9.29. The first kappa shape index (κ1) is 27.8. The van der Waals surface area contributed by atoms with Gasteiger partial charge in [-0.3, -0.25) is 4.79 Å². The highest BCUT2D eigenvalue weighted by Gasteiger charge is 2.46. The number of rotatable bonds is 8. The van der Waals surface area contributed by atoms with Crippen LogP contribution in [-0.4, -0.2) is 53.9 Å². The summed E-state index contributed by atoms with van der Waals surface area (Å²) in [6.07, 6.45) is 4.90. The van der Waals surface area contributed by atoms with Gasteiger partial charge in [0.15, 0.2) is 5.60 Å². The number of aryl methyl sites for hydroxylation is 2. The molecule has 12 heteroatoms. The van der Waals surface area contributed by atoms with Gasteiger partial charge >= 0.3 is 5.97 Å². The Hall–Kier alpha value is -4.00. The average molecular weight is 589 g/mol. The van der Waals surface area contributed by atoms with Crippen LogP contribution in [0.1, 0.15) is 71.3 Å². The smallest absolute Gasteiger partial charge is 0.343 e. The van der Waals surface area contributed by atoms with Crippen LogP contribution in [0.25, 0.3) is 22.3 Å². The van der Waals surface area contributed by atoms with Crippen molar-refractivity contribution in [3.63, 3.8) is 0 Å². The van der Waals surface area contributed by atoms with Crippen LogP contribution in [0.15, 0.2) is 23.1 Å². The minimum atomic E-state index is -1.92. The van der Waals surface area contributed by atoms with Crippen molar-refractivity contribution in [3.8, 4) is 11.4 Å². The van der Waals surface area contributed by atoms with Gasteiger partial charge in [-0.25, -0.2) is 18.9 Å². The number of cyclic esters (lactones) is 1. The van der Waals surface area contributed by atoms with Crippen molar-refractivity contribution in [3.05, 3.63) is 73.6 Å². The molecule has 4 aromatic rings. The summed E-state index contributed by atoms with van der Waals surface area (Å²) in [4.78, 5) is 31.3. The van der Waals surface area contributed by atoms with Crippen molar-refractivity contribution in [2.75, 3.05) is 13.2 Å². The molecular weight excluding hydrogens is 555 g/mol. The van der Waals surface area contributed by atoms with E-state index < -0.39 is 11.6 Å². The highest BCUT2D eigenvalue weighted by Crippen LogP contribution is 2.45. The third-order valence-corrected chi connectivity index (χ3v) is 9.29. The van der Waals surface area contributed by atoms with Gasteiger partial charge in [0.25, 0.3) is 5.56 Å². The summed E-state index contributed by atoms with van der Waals surface area (Å²) in [6, 6.07) is 3.12. The van der Waals surface area contributed by atoms with Crippen molar-refractivity contribution >= 4 is 16.9 Å². The number of hydrogen-bond acceptors (Lipinski definition) is 9. The monoisotopic (exact) mass is 588 g/mol. The fourth-order valence-electron chi connectivity index (χ4n) is 6.97. The number of halogens is 1. The largest absolute Gasteiger partial charge is 0.458 e. The molecule has 3 N–H and O–H groups in total. The van der Waals surface area contributed by atoms with Crippen molar-refractivity contribution in [1.82, 2.24) is 29.9 Å². The second-order valence-corrected chi connectivity index (χ2v) is 11.7. The number of hydrogen-bond donors (Lipinski definition) is 3. The molecule has 0 bridgehead atoms. The number of aromatic nitrogens is 5. The number of esters is 1. The van der Waals surface area contributed by atoms with Crippen LogP contribution in [0.4, 0.5) is 4.39 Å². The van der Waals surface area contributed by atoms with E-state index in [1.807, 2.05) is 6.20 Å². The molecule has 3 aliphatic rings. The zero-order chi connectivity index (χ0) is 30.0. The van der Waals surface area contributed by atoms with E-state index in [1.54, 1.807) is 29.2 Å². The number of nitrogens with one attached hydrogen (secondary N) is 1. The minimum Gasteiger partial charge on any atom is -0.458 e. The molecule has 5 heterocycles. The molecule has 224 valence electrons. The summed E-state index contributed by atoms with van der Waals surface area (Å²) in [6.45, 7) is 4.68. The summed E-state index contributed by atoms with van der Waals surface area (Å²) < 4.78 is 23.6. The molecular formula is C31H33FN6O5. The quantitative estimate of drug-likeness (QED) is 0.184. The summed E-state index contributed by atoms with van der Waals surface area (Å²) in [5.74, 6) is -1.08. The molecule has 0 amide bonds. The Bertz CT molecular complexity index is 1870. The lowest BCUT2D eigenvalue weighted by atomic mass is 9.81. The van der Waals surface area contributed by atoms with Gasteiger partial charge in [0.2, 0.25) is 0 Å². The maximum absolute atomic E-state index is 15.1. The zero-order valence-corrected chi connectivity index (χ0v) is 24.1. The number of ether oxygens (including phenoxy) is 1. The highest BCUT2D eigenvalue weighted by atomic mass is 19.1. The lowest BCUT2D eigenvalue weighted by Crippen LogP contribution is -2.44. The maximum atomic E-state index is 15.1. The third kappa shape index (κ3) is 4.22. The Balaban J connectivity index is 1.29. The van der Waals surface area contributed by atoms with Crippen molar-refractivity contribution in [2.45, 2.75) is 77.3 Å². The Morgan fingerprint density at radius 2 is 2.07 bits per heavy atom. The summed E-state index contributed by atoms with van der Waals surface area (Å²) >= 11 is 0. The van der Waals surface area contributed by atoms with E-state index in [1.165, 1.54) is 6.07 Å². The Morgan fingerprint density at radius 3 is 2.86 bits per heavy atom. The van der Waals surface area contributed by atoms with Gasteiger partial charge in [0.1, 0.15) is 12.4 Å². The van der Waals surface area contributed by atoms with Crippen LogP contribution in [0, 0.1) is 12.7 Å². The van der Waals surface area contributed by atoms with Crippen LogP contribution < -0.4 is 10.9 Å². The second-order valence-electron chi connectivity index (χ2n) is 11.7. The van der Waals surface area contributed by atoms with E-state index in [2.05, 4.69) is 15.6 Å². The number of aliphatic hydroxyl groups excluding tert-OH is 1. The van der Waals surface area contributed by atoms with E-state index in [0.29, 0.717) is 42.0 Å². The summed E-state index contributed by atoms with van der Waals surface area (Å²) in [5, 5.41) is 33.2. The van der Waals surface area contributed by atoms with Gasteiger partial charge in [0, 0.05) is 34.8 Å². The fourth-order valence-corrected chi connectivity index (χ4v) is 6.97. The standard InChI is InChI=1S/C31H33FN6O5/c1-3-31(42)21-11-25-28-19(14-38(25)29(40)20(21)15-43-30(31)41)27-23(33-8-4-5-17-13-37(9-10-39)36-35-17)7-6-18-16(2)22(32)12-24(34-28)26(18)27/h11-13,23,33,39,42H,3-10,14-15H2,1-2H3/t23-,31-/m0/s1. The van der Waals surface area contributed by atoms with Gasteiger partial charge in [0.05, 0.1) is 47.9 Å². The van der Waals surface area contributed by atoms with Gasteiger partial charge in [-0.05, 0) is 68.3 Å². The molecule has 0 unspecified atom stereocenters. The SMILES string of the molecule is CC[C@@]1(O)C(=O)OCc2c1cc1n(c2=O)Cc2c-1nc1cc(F)c(C)c3c1c2[C@@H](NCCCc1cn(CCO)nn1)CC3. The number of carbonyl (C=O) groups is 1. The Labute approximate surface area is 246 Å². The maximum Gasteiger partial charge on any atom is 0.343 e. The van der Waals surface area contributed by atoms with Gasteiger partial charge < -0.3 is 24.8 Å². The number of carbonyl (C=O) groups excluding carboxylic acids is 1. The number of benzene rings is 1. The molecule has 0 fully saturated rings. The first-order chi connectivity index (χ1) is 20.7. The molecule has 0 spiro atoms. The van der Waals surface area contributed by atoms with E-state index in [9.17, 15) is 14.7 Å². The lowest BCUT2D eigenvalue weighted by molar-refractivity contribution is -0.172. The minimum absolute atomic E-state index is 0.00556. The zero-order valence-electron chi connectivity index (χ0n) is 24.1. The van der Waals surface area contributed by atoms with Crippen LogP contribution >= 0.6 is 0 Å². The highest BCUT2D eigenvalue weighted by molar-refractivity contribution is 5.93. The molecule has 7 rings (SSSR count).